The molecule has 208 valence electrons. The summed E-state index contributed by atoms with van der Waals surface area (Å²) in [6.07, 6.45) is -5.55. The van der Waals surface area contributed by atoms with Crippen molar-refractivity contribution in [2.24, 2.45) is 0 Å². The lowest BCUT2D eigenvalue weighted by Crippen LogP contribution is -2.51. The van der Waals surface area contributed by atoms with Gasteiger partial charge in [-0.05, 0) is 48.7 Å². The molecule has 4 rings (SSSR count). The molecule has 0 aromatic heterocycles. The highest BCUT2D eigenvalue weighted by Crippen LogP contribution is 2.46. The predicted octanol–water partition coefficient (Wildman–Crippen LogP) is 4.02. The third-order valence-electron chi connectivity index (χ3n) is 6.84. The van der Waals surface area contributed by atoms with Gasteiger partial charge in [0.25, 0.3) is 5.91 Å². The minimum absolute atomic E-state index is 0.0704. The Kier molecular flexibility index (Phi) is 7.28. The monoisotopic (exact) mass is 550 g/mol. The van der Waals surface area contributed by atoms with Gasteiger partial charge in [-0.3, -0.25) is 9.59 Å². The zero-order valence-corrected chi connectivity index (χ0v) is 21.3. The fourth-order valence-electron chi connectivity index (χ4n) is 4.60. The number of carbonyl (C=O) groups is 4. The number of imide groups is 1. The van der Waals surface area contributed by atoms with Gasteiger partial charge in [-0.15, -0.1) is 0 Å². The largest absolute Gasteiger partial charge is 0.427 e. The highest BCUT2D eigenvalue weighted by Gasteiger charge is 2.58. The fraction of sp³-hybridized carbons (Fsp3) is 0.385. The number of urea groups is 1. The highest BCUT2D eigenvalue weighted by molar-refractivity contribution is 6.06. The first kappa shape index (κ1) is 27.9. The molecule has 2 aromatic rings. The Bertz CT molecular complexity index is 1310. The molecule has 1 saturated heterocycles. The standard InChI is InChI=1S/C26H26F4N4O5/c1-15(26(28,29)30)33(13-16-4-6-18(27)7-5-16)21(35)14-34-22(36)25(39-24(34)38)11-10-17-12-19(8-9-20(17)25)31-23(37)32(2)3/h4-9,12,15H,10-11,13-14H2,1-3H3,(H,31,37)/t15?,25-/m1/s1. The number of benzene rings is 2. The second-order valence-corrected chi connectivity index (χ2v) is 9.65. The quantitative estimate of drug-likeness (QED) is 0.548. The molecular weight excluding hydrogens is 524 g/mol. The molecule has 1 N–H and O–H groups in total. The number of fused-ring (bicyclic) bond motifs is 2. The summed E-state index contributed by atoms with van der Waals surface area (Å²) < 4.78 is 59.5. The van der Waals surface area contributed by atoms with Gasteiger partial charge in [0.15, 0.2) is 0 Å². The molecule has 39 heavy (non-hydrogen) atoms. The van der Waals surface area contributed by atoms with E-state index >= 15 is 0 Å². The molecular formula is C26H26F4N4O5. The van der Waals surface area contributed by atoms with Crippen molar-refractivity contribution < 1.29 is 41.5 Å². The number of aryl methyl sites for hydroxylation is 1. The topological polar surface area (TPSA) is 99.3 Å². The SMILES string of the molecule is CC(N(Cc1ccc(F)cc1)C(=O)CN1C(=O)O[C@@]2(CCc3cc(NC(=O)N(C)C)ccc32)C1=O)C(F)(F)F. The van der Waals surface area contributed by atoms with Crippen LogP contribution in [0.4, 0.5) is 32.8 Å². The molecule has 2 aliphatic rings. The van der Waals surface area contributed by atoms with Crippen LogP contribution >= 0.6 is 0 Å². The number of carbonyl (C=O) groups excluding carboxylic acids is 4. The summed E-state index contributed by atoms with van der Waals surface area (Å²) in [5, 5.41) is 2.68. The Morgan fingerprint density at radius 3 is 2.41 bits per heavy atom. The number of anilines is 1. The van der Waals surface area contributed by atoms with Crippen molar-refractivity contribution in [3.63, 3.8) is 0 Å². The molecule has 1 heterocycles. The van der Waals surface area contributed by atoms with Crippen LogP contribution in [0.1, 0.15) is 30.0 Å². The van der Waals surface area contributed by atoms with E-state index in [9.17, 15) is 36.7 Å². The molecule has 0 bridgehead atoms. The van der Waals surface area contributed by atoms with Crippen LogP contribution in [0.5, 0.6) is 0 Å². The van der Waals surface area contributed by atoms with E-state index in [-0.39, 0.29) is 18.0 Å². The Balaban J connectivity index is 1.56. The van der Waals surface area contributed by atoms with E-state index in [4.69, 9.17) is 4.74 Å². The number of amides is 5. The number of nitrogens with zero attached hydrogens (tertiary/aromatic N) is 3. The maximum atomic E-state index is 13.6. The number of hydrogen-bond donors (Lipinski definition) is 1. The number of halogens is 4. The highest BCUT2D eigenvalue weighted by atomic mass is 19.4. The van der Waals surface area contributed by atoms with Crippen LogP contribution in [0.15, 0.2) is 42.5 Å². The molecule has 0 saturated carbocycles. The van der Waals surface area contributed by atoms with Crippen molar-refractivity contribution in [2.45, 2.75) is 44.1 Å². The van der Waals surface area contributed by atoms with Gasteiger partial charge in [0.05, 0.1) is 0 Å². The number of hydrogen-bond acceptors (Lipinski definition) is 5. The maximum absolute atomic E-state index is 13.6. The summed E-state index contributed by atoms with van der Waals surface area (Å²) in [4.78, 5) is 53.6. The third kappa shape index (κ3) is 5.38. The van der Waals surface area contributed by atoms with Gasteiger partial charge in [0.2, 0.25) is 11.5 Å². The van der Waals surface area contributed by atoms with Gasteiger partial charge < -0.3 is 19.9 Å². The first-order valence-corrected chi connectivity index (χ1v) is 12.0. The molecule has 0 radical (unpaired) electrons. The van der Waals surface area contributed by atoms with Crippen LogP contribution in [0.3, 0.4) is 0 Å². The molecule has 2 aromatic carbocycles. The minimum Gasteiger partial charge on any atom is -0.427 e. The van der Waals surface area contributed by atoms with Crippen molar-refractivity contribution in [1.82, 2.24) is 14.7 Å². The van der Waals surface area contributed by atoms with Crippen LogP contribution in [0.25, 0.3) is 0 Å². The van der Waals surface area contributed by atoms with Crippen LogP contribution in [-0.4, -0.2) is 71.5 Å². The average molecular weight is 551 g/mol. The Morgan fingerprint density at radius 2 is 1.79 bits per heavy atom. The first-order chi connectivity index (χ1) is 18.2. The summed E-state index contributed by atoms with van der Waals surface area (Å²) in [6, 6.07) is 6.70. The normalized spacial score (nSPS) is 19.1. The predicted molar refractivity (Wildman–Crippen MR) is 130 cm³/mol. The lowest BCUT2D eigenvalue weighted by molar-refractivity contribution is -0.187. The van der Waals surface area contributed by atoms with Crippen LogP contribution < -0.4 is 5.32 Å². The van der Waals surface area contributed by atoms with Gasteiger partial charge in [0, 0.05) is 38.3 Å². The number of alkyl halides is 3. The molecule has 2 atom stereocenters. The van der Waals surface area contributed by atoms with Crippen LogP contribution in [-0.2, 0) is 32.9 Å². The number of rotatable bonds is 6. The van der Waals surface area contributed by atoms with Gasteiger partial charge in [-0.2, -0.15) is 13.2 Å². The van der Waals surface area contributed by atoms with Gasteiger partial charge in [-0.1, -0.05) is 18.2 Å². The van der Waals surface area contributed by atoms with Crippen molar-refractivity contribution in [1.29, 1.82) is 0 Å². The van der Waals surface area contributed by atoms with Crippen LogP contribution in [0, 0.1) is 5.82 Å². The van der Waals surface area contributed by atoms with Crippen molar-refractivity contribution in [3.05, 3.63) is 65.0 Å². The van der Waals surface area contributed by atoms with E-state index in [0.29, 0.717) is 33.0 Å². The molecule has 1 spiro atoms. The zero-order valence-electron chi connectivity index (χ0n) is 21.3. The summed E-state index contributed by atoms with van der Waals surface area (Å²) in [6.45, 7) is -0.702. The summed E-state index contributed by atoms with van der Waals surface area (Å²) >= 11 is 0. The Hall–Kier alpha value is -4.16. The van der Waals surface area contributed by atoms with E-state index in [1.54, 1.807) is 20.2 Å². The van der Waals surface area contributed by atoms with Gasteiger partial charge in [-0.25, -0.2) is 18.9 Å². The van der Waals surface area contributed by atoms with E-state index in [0.717, 1.165) is 19.1 Å². The fourth-order valence-corrected chi connectivity index (χ4v) is 4.60. The summed E-state index contributed by atoms with van der Waals surface area (Å²) in [5.41, 5.74) is 0.00389. The molecule has 13 heteroatoms. The smallest absolute Gasteiger partial charge is 0.418 e. The van der Waals surface area contributed by atoms with E-state index in [1.807, 2.05) is 0 Å². The summed E-state index contributed by atoms with van der Waals surface area (Å²) in [5.74, 6) is -2.59. The second kappa shape index (κ2) is 10.2. The molecule has 5 amide bonds. The first-order valence-electron chi connectivity index (χ1n) is 12.0. The summed E-state index contributed by atoms with van der Waals surface area (Å²) in [7, 11) is 3.14. The minimum atomic E-state index is -4.80. The Morgan fingerprint density at radius 1 is 1.13 bits per heavy atom. The van der Waals surface area contributed by atoms with Gasteiger partial charge >= 0.3 is 18.3 Å². The second-order valence-electron chi connectivity index (χ2n) is 9.65. The van der Waals surface area contributed by atoms with E-state index in [2.05, 4.69) is 5.32 Å². The van der Waals surface area contributed by atoms with Crippen molar-refractivity contribution in [2.75, 3.05) is 26.0 Å². The lowest BCUT2D eigenvalue weighted by atomic mass is 9.94. The van der Waals surface area contributed by atoms with E-state index < -0.39 is 54.6 Å². The lowest BCUT2D eigenvalue weighted by Gasteiger charge is -2.31. The third-order valence-corrected chi connectivity index (χ3v) is 6.84. The molecule has 1 aliphatic heterocycles. The average Bonchev–Trinajstić information content (AvgIpc) is 3.34. The zero-order chi connectivity index (χ0) is 28.7. The van der Waals surface area contributed by atoms with Gasteiger partial charge in [0.1, 0.15) is 18.4 Å². The van der Waals surface area contributed by atoms with Crippen LogP contribution in [0.2, 0.25) is 0 Å². The molecule has 1 aliphatic carbocycles. The van der Waals surface area contributed by atoms with Crippen molar-refractivity contribution in [3.8, 4) is 0 Å². The van der Waals surface area contributed by atoms with E-state index in [1.165, 1.54) is 29.2 Å². The molecule has 9 nitrogen and oxygen atoms in total. The maximum Gasteiger partial charge on any atom is 0.418 e. The Labute approximate surface area is 221 Å². The number of ether oxygens (including phenoxy) is 1. The molecule has 1 fully saturated rings. The van der Waals surface area contributed by atoms with Crippen molar-refractivity contribution >= 4 is 29.6 Å². The number of nitrogens with one attached hydrogen (secondary N) is 1. The molecule has 1 unspecified atom stereocenters.